The first-order chi connectivity index (χ1) is 11.0. The van der Waals surface area contributed by atoms with Gasteiger partial charge >= 0.3 is 0 Å². The fraction of sp³-hybridized carbons (Fsp3) is 0.176. The number of carboxylic acid groups (broad SMARTS) is 1. The molecule has 0 aliphatic rings. The molecule has 0 aromatic heterocycles. The highest BCUT2D eigenvalue weighted by molar-refractivity contribution is 6.30. The van der Waals surface area contributed by atoms with Crippen LogP contribution in [0.1, 0.15) is 28.4 Å². The molecule has 0 saturated carbocycles. The number of amides is 1. The first-order valence-electron chi connectivity index (χ1n) is 6.90. The van der Waals surface area contributed by atoms with Crippen LogP contribution in [0.5, 0.6) is 5.75 Å². The summed E-state index contributed by atoms with van der Waals surface area (Å²) in [5, 5.41) is 14.2. The smallest absolute Gasteiger partial charge is 0.251 e. The summed E-state index contributed by atoms with van der Waals surface area (Å²) >= 11 is 5.82. The third-order valence-corrected chi connectivity index (χ3v) is 3.55. The van der Waals surface area contributed by atoms with E-state index in [0.717, 1.165) is 0 Å². The fourth-order valence-electron chi connectivity index (χ4n) is 2.10. The number of rotatable bonds is 6. The van der Waals surface area contributed by atoms with Gasteiger partial charge in [0.05, 0.1) is 13.2 Å². The molecule has 2 aromatic carbocycles. The van der Waals surface area contributed by atoms with Crippen LogP contribution < -0.4 is 15.2 Å². The van der Waals surface area contributed by atoms with Crippen molar-refractivity contribution in [2.45, 2.75) is 12.5 Å². The number of nitrogens with one attached hydrogen (secondary N) is 1. The Bertz CT molecular complexity index is 683. The summed E-state index contributed by atoms with van der Waals surface area (Å²) in [5.41, 5.74) is 1.04. The van der Waals surface area contributed by atoms with Crippen LogP contribution in [0.25, 0.3) is 0 Å². The fourth-order valence-corrected chi connectivity index (χ4v) is 2.22. The van der Waals surface area contributed by atoms with E-state index in [0.29, 0.717) is 21.9 Å². The summed E-state index contributed by atoms with van der Waals surface area (Å²) in [6.45, 7) is 0. The molecule has 6 heteroatoms. The lowest BCUT2D eigenvalue weighted by Crippen LogP contribution is -2.34. The maximum Gasteiger partial charge on any atom is 0.251 e. The Balaban J connectivity index is 2.17. The van der Waals surface area contributed by atoms with Crippen LogP contribution in [0.3, 0.4) is 0 Å². The van der Waals surface area contributed by atoms with E-state index >= 15 is 0 Å². The third kappa shape index (κ3) is 4.72. The lowest BCUT2D eigenvalue weighted by atomic mass is 10.0. The molecule has 120 valence electrons. The predicted octanol–water partition coefficient (Wildman–Crippen LogP) is 1.96. The van der Waals surface area contributed by atoms with Gasteiger partial charge in [0.2, 0.25) is 0 Å². The lowest BCUT2D eigenvalue weighted by Gasteiger charge is -2.20. The molecule has 1 N–H and O–H groups in total. The molecule has 2 aromatic rings. The first kappa shape index (κ1) is 16.8. The zero-order valence-electron chi connectivity index (χ0n) is 12.4. The van der Waals surface area contributed by atoms with E-state index in [-0.39, 0.29) is 12.3 Å². The first-order valence-corrected chi connectivity index (χ1v) is 7.27. The number of hydrogen-bond acceptors (Lipinski definition) is 4. The molecule has 0 heterocycles. The monoisotopic (exact) mass is 332 g/mol. The molecule has 1 atom stereocenters. The van der Waals surface area contributed by atoms with E-state index in [9.17, 15) is 14.7 Å². The standard InChI is InChI=1S/C17H16ClNO4/c1-23-14-8-4-12(5-9-14)17(22)19-15(10-16(20)21)11-2-6-13(18)7-3-11/h2-9,15H,10H2,1H3,(H,19,22)(H,20,21)/p-1. The molecule has 0 aliphatic heterocycles. The average molecular weight is 333 g/mol. The molecule has 23 heavy (non-hydrogen) atoms. The van der Waals surface area contributed by atoms with Crippen LogP contribution in [-0.2, 0) is 4.79 Å². The number of halogens is 1. The minimum absolute atomic E-state index is 0.330. The van der Waals surface area contributed by atoms with Gasteiger partial charge in [0.15, 0.2) is 0 Å². The van der Waals surface area contributed by atoms with Crippen molar-refractivity contribution in [1.29, 1.82) is 0 Å². The minimum atomic E-state index is -1.25. The summed E-state index contributed by atoms with van der Waals surface area (Å²) in [7, 11) is 1.53. The SMILES string of the molecule is COc1ccc(C(=O)NC(CC(=O)[O-])c2ccc(Cl)cc2)cc1. The minimum Gasteiger partial charge on any atom is -0.550 e. The van der Waals surface area contributed by atoms with Crippen LogP contribution in [0, 0.1) is 0 Å². The van der Waals surface area contributed by atoms with Crippen molar-refractivity contribution >= 4 is 23.5 Å². The van der Waals surface area contributed by atoms with Crippen molar-refractivity contribution in [3.8, 4) is 5.75 Å². The molecule has 5 nitrogen and oxygen atoms in total. The Labute approximate surface area is 138 Å². The van der Waals surface area contributed by atoms with Crippen LogP contribution in [0.2, 0.25) is 5.02 Å². The highest BCUT2D eigenvalue weighted by Crippen LogP contribution is 2.20. The second-order valence-corrected chi connectivity index (χ2v) is 5.32. The summed E-state index contributed by atoms with van der Waals surface area (Å²) in [6, 6.07) is 12.4. The Hall–Kier alpha value is -2.53. The summed E-state index contributed by atoms with van der Waals surface area (Å²) < 4.78 is 5.03. The molecular formula is C17H15ClNO4-. The van der Waals surface area contributed by atoms with Crippen molar-refractivity contribution in [1.82, 2.24) is 5.32 Å². The van der Waals surface area contributed by atoms with Gasteiger partial charge in [-0.2, -0.15) is 0 Å². The largest absolute Gasteiger partial charge is 0.550 e. The Morgan fingerprint density at radius 3 is 2.26 bits per heavy atom. The van der Waals surface area contributed by atoms with Gasteiger partial charge in [0.25, 0.3) is 5.91 Å². The maximum atomic E-state index is 12.3. The van der Waals surface area contributed by atoms with Gasteiger partial charge in [-0.25, -0.2) is 0 Å². The van der Waals surface area contributed by atoms with E-state index in [4.69, 9.17) is 16.3 Å². The van der Waals surface area contributed by atoms with Gasteiger partial charge in [-0.1, -0.05) is 23.7 Å². The molecule has 0 bridgehead atoms. The second-order valence-electron chi connectivity index (χ2n) is 4.88. The number of carboxylic acids is 1. The number of benzene rings is 2. The Morgan fingerprint density at radius 2 is 1.74 bits per heavy atom. The molecular weight excluding hydrogens is 318 g/mol. The van der Waals surface area contributed by atoms with E-state index in [1.807, 2.05) is 0 Å². The molecule has 0 spiro atoms. The Kier molecular flexibility index (Phi) is 5.60. The number of carbonyl (C=O) groups excluding carboxylic acids is 2. The van der Waals surface area contributed by atoms with Gasteiger partial charge in [-0.05, 0) is 42.0 Å². The number of hydrogen-bond donors (Lipinski definition) is 1. The summed E-state index contributed by atoms with van der Waals surface area (Å²) in [5.74, 6) is -1.00. The van der Waals surface area contributed by atoms with E-state index < -0.39 is 12.0 Å². The molecule has 1 unspecified atom stereocenters. The van der Waals surface area contributed by atoms with Crippen LogP contribution >= 0.6 is 11.6 Å². The van der Waals surface area contributed by atoms with E-state index in [1.54, 1.807) is 48.5 Å². The average Bonchev–Trinajstić information content (AvgIpc) is 2.54. The van der Waals surface area contributed by atoms with Crippen LogP contribution in [0.4, 0.5) is 0 Å². The number of aliphatic carboxylic acids is 1. The van der Waals surface area contributed by atoms with Gasteiger partial charge in [0.1, 0.15) is 5.75 Å². The lowest BCUT2D eigenvalue weighted by molar-refractivity contribution is -0.306. The maximum absolute atomic E-state index is 12.3. The zero-order valence-corrected chi connectivity index (χ0v) is 13.2. The summed E-state index contributed by atoms with van der Waals surface area (Å²) in [4.78, 5) is 23.2. The molecule has 1 amide bonds. The van der Waals surface area contributed by atoms with Crippen molar-refractivity contribution < 1.29 is 19.4 Å². The molecule has 0 saturated heterocycles. The molecule has 0 radical (unpaired) electrons. The van der Waals surface area contributed by atoms with Gasteiger partial charge < -0.3 is 20.0 Å². The van der Waals surface area contributed by atoms with Crippen molar-refractivity contribution in [3.63, 3.8) is 0 Å². The number of methoxy groups -OCH3 is 1. The van der Waals surface area contributed by atoms with Crippen molar-refractivity contribution in [2.24, 2.45) is 0 Å². The molecule has 0 fully saturated rings. The topological polar surface area (TPSA) is 78.5 Å². The summed E-state index contributed by atoms with van der Waals surface area (Å²) in [6.07, 6.45) is -0.330. The third-order valence-electron chi connectivity index (χ3n) is 3.30. The highest BCUT2D eigenvalue weighted by atomic mass is 35.5. The number of carbonyl (C=O) groups is 2. The molecule has 0 aliphatic carbocycles. The normalized spacial score (nSPS) is 11.6. The van der Waals surface area contributed by atoms with Crippen molar-refractivity contribution in [3.05, 3.63) is 64.7 Å². The highest BCUT2D eigenvalue weighted by Gasteiger charge is 2.16. The Morgan fingerprint density at radius 1 is 1.13 bits per heavy atom. The zero-order chi connectivity index (χ0) is 16.8. The van der Waals surface area contributed by atoms with Crippen LogP contribution in [-0.4, -0.2) is 19.0 Å². The molecule has 2 rings (SSSR count). The van der Waals surface area contributed by atoms with Gasteiger partial charge in [-0.3, -0.25) is 4.79 Å². The number of ether oxygens (including phenoxy) is 1. The van der Waals surface area contributed by atoms with Gasteiger partial charge in [0, 0.05) is 23.0 Å². The predicted molar refractivity (Wildman–Crippen MR) is 84.3 cm³/mol. The quantitative estimate of drug-likeness (QED) is 0.877. The van der Waals surface area contributed by atoms with Crippen molar-refractivity contribution in [2.75, 3.05) is 7.11 Å². The van der Waals surface area contributed by atoms with E-state index in [2.05, 4.69) is 5.32 Å². The van der Waals surface area contributed by atoms with Crippen LogP contribution in [0.15, 0.2) is 48.5 Å². The van der Waals surface area contributed by atoms with E-state index in [1.165, 1.54) is 7.11 Å². The van der Waals surface area contributed by atoms with Gasteiger partial charge in [-0.15, -0.1) is 0 Å². The second kappa shape index (κ2) is 7.65.